The maximum Gasteiger partial charge on any atom is 0.0547 e. The first-order chi connectivity index (χ1) is 10.2. The zero-order valence-corrected chi connectivity index (χ0v) is 16.5. The Morgan fingerprint density at radius 2 is 2.05 bits per heavy atom. The molecule has 0 amide bonds. The van der Waals surface area contributed by atoms with E-state index in [0.717, 1.165) is 6.54 Å². The van der Waals surface area contributed by atoms with E-state index in [-0.39, 0.29) is 0 Å². The van der Waals surface area contributed by atoms with Crippen molar-refractivity contribution in [2.24, 2.45) is 0 Å². The highest BCUT2D eigenvalue weighted by atomic mass is 127. The minimum absolute atomic E-state index is 0.368. The topological polar surface area (TPSA) is 12.0 Å². The third-order valence-corrected chi connectivity index (χ3v) is 5.46. The van der Waals surface area contributed by atoms with Crippen LogP contribution in [-0.2, 0) is 0 Å². The summed E-state index contributed by atoms with van der Waals surface area (Å²) in [4.78, 5) is 0. The van der Waals surface area contributed by atoms with Gasteiger partial charge in [-0.1, -0.05) is 47.3 Å². The first-order valence-electron chi connectivity index (χ1n) is 8.09. The predicted octanol–water partition coefficient (Wildman–Crippen LogP) is 6.38. The molecular weight excluding hydrogens is 437 g/mol. The number of benzene rings is 1. The Labute approximate surface area is 151 Å². The maximum atomic E-state index is 3.77. The molecule has 0 saturated carbocycles. The predicted molar refractivity (Wildman–Crippen MR) is 104 cm³/mol. The van der Waals surface area contributed by atoms with Crippen molar-refractivity contribution in [1.29, 1.82) is 0 Å². The largest absolute Gasteiger partial charge is 0.306 e. The van der Waals surface area contributed by atoms with Crippen LogP contribution in [0.15, 0.2) is 34.3 Å². The highest BCUT2D eigenvalue weighted by molar-refractivity contribution is 14.1. The fourth-order valence-corrected chi connectivity index (χ4v) is 3.93. The van der Waals surface area contributed by atoms with Gasteiger partial charge < -0.3 is 5.32 Å². The second-order valence-corrected chi connectivity index (χ2v) is 7.88. The number of hydrogen-bond acceptors (Lipinski definition) is 1. The smallest absolute Gasteiger partial charge is 0.0547 e. The third-order valence-electron chi connectivity index (χ3n) is 4.06. The van der Waals surface area contributed by atoms with Crippen molar-refractivity contribution < 1.29 is 0 Å². The van der Waals surface area contributed by atoms with Gasteiger partial charge in [-0.3, -0.25) is 0 Å². The van der Waals surface area contributed by atoms with Gasteiger partial charge >= 0.3 is 0 Å². The summed E-state index contributed by atoms with van der Waals surface area (Å²) in [5, 5.41) is 3.77. The van der Waals surface area contributed by atoms with E-state index in [1.54, 1.807) is 5.57 Å². The maximum absolute atomic E-state index is 3.77. The van der Waals surface area contributed by atoms with Gasteiger partial charge in [-0.2, -0.15) is 0 Å². The summed E-state index contributed by atoms with van der Waals surface area (Å²) in [5.74, 6) is 0. The Morgan fingerprint density at radius 3 is 2.86 bits per heavy atom. The van der Waals surface area contributed by atoms with Gasteiger partial charge in [0, 0.05) is 8.04 Å². The van der Waals surface area contributed by atoms with Crippen molar-refractivity contribution in [3.8, 4) is 0 Å². The molecule has 0 aliphatic heterocycles. The average Bonchev–Trinajstić information content (AvgIpc) is 2.44. The van der Waals surface area contributed by atoms with E-state index in [2.05, 4.69) is 75.0 Å². The molecule has 1 atom stereocenters. The Balaban J connectivity index is 2.29. The first kappa shape index (κ1) is 17.5. The summed E-state index contributed by atoms with van der Waals surface area (Å²) < 4.78 is 2.53. The fraction of sp³-hybridized carbons (Fsp3) is 0.556. The summed E-state index contributed by atoms with van der Waals surface area (Å²) >= 11 is 6.16. The van der Waals surface area contributed by atoms with E-state index in [9.17, 15) is 0 Å². The highest BCUT2D eigenvalue weighted by Gasteiger charge is 2.19. The monoisotopic (exact) mass is 461 g/mol. The van der Waals surface area contributed by atoms with Crippen molar-refractivity contribution in [2.75, 3.05) is 6.54 Å². The van der Waals surface area contributed by atoms with E-state index in [0.29, 0.717) is 6.04 Å². The van der Waals surface area contributed by atoms with Crippen LogP contribution in [-0.4, -0.2) is 6.54 Å². The Kier molecular flexibility index (Phi) is 7.75. The second-order valence-electron chi connectivity index (χ2n) is 5.78. The van der Waals surface area contributed by atoms with Crippen molar-refractivity contribution in [3.05, 3.63) is 43.5 Å². The van der Waals surface area contributed by atoms with Crippen LogP contribution in [0.3, 0.4) is 0 Å². The molecule has 21 heavy (non-hydrogen) atoms. The van der Waals surface area contributed by atoms with Crippen molar-refractivity contribution >= 4 is 38.5 Å². The van der Waals surface area contributed by atoms with Crippen LogP contribution in [0, 0.1) is 3.57 Å². The lowest BCUT2D eigenvalue weighted by Crippen LogP contribution is -2.25. The zero-order chi connectivity index (χ0) is 15.1. The molecule has 116 valence electrons. The Hall–Kier alpha value is 0.130. The summed E-state index contributed by atoms with van der Waals surface area (Å²) in [6.07, 6.45) is 11.6. The summed E-state index contributed by atoms with van der Waals surface area (Å²) in [7, 11) is 0. The zero-order valence-electron chi connectivity index (χ0n) is 12.8. The van der Waals surface area contributed by atoms with Gasteiger partial charge in [0.15, 0.2) is 0 Å². The van der Waals surface area contributed by atoms with Gasteiger partial charge in [0.25, 0.3) is 0 Å². The molecule has 0 aromatic heterocycles. The van der Waals surface area contributed by atoms with E-state index in [1.165, 1.54) is 58.6 Å². The fourth-order valence-electron chi connectivity index (χ4n) is 2.94. The molecule has 0 spiro atoms. The minimum atomic E-state index is 0.368. The second kappa shape index (κ2) is 9.31. The molecule has 1 aliphatic carbocycles. The van der Waals surface area contributed by atoms with Crippen LogP contribution in [0.1, 0.15) is 63.5 Å². The van der Waals surface area contributed by atoms with Crippen molar-refractivity contribution in [1.82, 2.24) is 5.32 Å². The Morgan fingerprint density at radius 1 is 1.24 bits per heavy atom. The molecule has 0 heterocycles. The van der Waals surface area contributed by atoms with Gasteiger partial charge in [-0.25, -0.2) is 0 Å². The number of rotatable bonds is 5. The molecule has 1 aromatic carbocycles. The van der Waals surface area contributed by atoms with Crippen LogP contribution in [0.2, 0.25) is 0 Å². The molecule has 0 saturated heterocycles. The molecule has 1 unspecified atom stereocenters. The number of allylic oxidation sites excluding steroid dienone is 1. The van der Waals surface area contributed by atoms with Crippen LogP contribution >= 0.6 is 38.5 Å². The lowest BCUT2D eigenvalue weighted by molar-refractivity contribution is 0.539. The van der Waals surface area contributed by atoms with Crippen molar-refractivity contribution in [2.45, 2.75) is 57.9 Å². The third kappa shape index (κ3) is 5.36. The molecule has 2 rings (SSSR count). The van der Waals surface area contributed by atoms with Crippen molar-refractivity contribution in [3.63, 3.8) is 0 Å². The molecule has 1 N–H and O–H groups in total. The van der Waals surface area contributed by atoms with Gasteiger partial charge in [-0.05, 0) is 85.0 Å². The molecule has 1 aromatic rings. The SMILES string of the molecule is CCCNC(/C1=C/CCCCCC1)c1cc(I)ccc1Br. The summed E-state index contributed by atoms with van der Waals surface area (Å²) in [6.45, 7) is 3.31. The van der Waals surface area contributed by atoms with E-state index >= 15 is 0 Å². The molecule has 1 nitrogen and oxygen atoms in total. The minimum Gasteiger partial charge on any atom is -0.306 e. The van der Waals surface area contributed by atoms with Gasteiger partial charge in [-0.15, -0.1) is 0 Å². The van der Waals surface area contributed by atoms with Crippen LogP contribution in [0.5, 0.6) is 0 Å². The number of halogens is 2. The first-order valence-corrected chi connectivity index (χ1v) is 9.96. The highest BCUT2D eigenvalue weighted by Crippen LogP contribution is 2.33. The van der Waals surface area contributed by atoms with Crippen LogP contribution in [0.4, 0.5) is 0 Å². The molecule has 3 heteroatoms. The van der Waals surface area contributed by atoms with E-state index in [4.69, 9.17) is 0 Å². The average molecular weight is 462 g/mol. The van der Waals surface area contributed by atoms with Gasteiger partial charge in [0.1, 0.15) is 0 Å². The number of nitrogens with one attached hydrogen (secondary N) is 1. The molecule has 0 radical (unpaired) electrons. The molecule has 1 aliphatic rings. The van der Waals surface area contributed by atoms with E-state index in [1.807, 2.05) is 0 Å². The standard InChI is InChI=1S/C18H25BrIN/c1-2-12-21-18(14-8-6-4-3-5-7-9-14)16-13-15(20)10-11-17(16)19/h8,10-11,13,18,21H,2-7,9,12H2,1H3/b14-8+. The summed E-state index contributed by atoms with van der Waals surface area (Å²) in [5.41, 5.74) is 2.98. The van der Waals surface area contributed by atoms with Gasteiger partial charge in [0.05, 0.1) is 6.04 Å². The van der Waals surface area contributed by atoms with E-state index < -0.39 is 0 Å². The molecule has 0 bridgehead atoms. The van der Waals surface area contributed by atoms with Crippen LogP contribution < -0.4 is 5.32 Å². The molecule has 0 fully saturated rings. The normalized spacial score (nSPS) is 20.2. The van der Waals surface area contributed by atoms with Gasteiger partial charge in [0.2, 0.25) is 0 Å². The van der Waals surface area contributed by atoms with Crippen LogP contribution in [0.25, 0.3) is 0 Å². The summed E-state index contributed by atoms with van der Waals surface area (Å²) in [6, 6.07) is 7.03. The quantitative estimate of drug-likeness (QED) is 0.396. The number of hydrogen-bond donors (Lipinski definition) is 1. The lowest BCUT2D eigenvalue weighted by Gasteiger charge is -2.25. The Bertz CT molecular complexity index is 484. The molecular formula is C18H25BrIN. The lowest BCUT2D eigenvalue weighted by atomic mass is 9.91.